The molecule has 0 radical (unpaired) electrons. The van der Waals surface area contributed by atoms with Crippen LogP contribution in [-0.2, 0) is 0 Å². The first-order valence-corrected chi connectivity index (χ1v) is 7.07. The molecular weight excluding hydrogens is 302 g/mol. The molecule has 0 saturated carbocycles. The lowest BCUT2D eigenvalue weighted by Gasteiger charge is -2.11. The molecule has 2 heterocycles. The van der Waals surface area contributed by atoms with Crippen LogP contribution < -0.4 is 5.32 Å². The van der Waals surface area contributed by atoms with Crippen molar-refractivity contribution in [2.75, 3.05) is 5.32 Å². The summed E-state index contributed by atoms with van der Waals surface area (Å²) in [5.74, 6) is -1.85. The maximum atomic E-state index is 13.6. The second-order valence-electron chi connectivity index (χ2n) is 5.40. The molecule has 0 atom stereocenters. The summed E-state index contributed by atoms with van der Waals surface area (Å²) in [6, 6.07) is 6.13. The van der Waals surface area contributed by atoms with Gasteiger partial charge in [0.1, 0.15) is 17.3 Å². The van der Waals surface area contributed by atoms with Crippen LogP contribution >= 0.6 is 0 Å². The number of nitrogens with zero attached hydrogens (tertiary/aromatic N) is 3. The third-order valence-electron chi connectivity index (χ3n) is 3.39. The van der Waals surface area contributed by atoms with Crippen LogP contribution in [0, 0.1) is 11.6 Å². The fourth-order valence-corrected chi connectivity index (χ4v) is 2.24. The Morgan fingerprint density at radius 3 is 2.74 bits per heavy atom. The van der Waals surface area contributed by atoms with Gasteiger partial charge >= 0.3 is 0 Å². The molecule has 0 fully saturated rings. The highest BCUT2D eigenvalue weighted by atomic mass is 19.1. The number of hydrogen-bond donors (Lipinski definition) is 1. The van der Waals surface area contributed by atoms with Crippen molar-refractivity contribution in [1.82, 2.24) is 14.6 Å². The number of rotatable bonds is 3. The zero-order valence-electron chi connectivity index (χ0n) is 12.5. The molecular formula is C16H14F2N4O. The molecule has 0 bridgehead atoms. The Kier molecular flexibility index (Phi) is 3.77. The Morgan fingerprint density at radius 2 is 2.00 bits per heavy atom. The van der Waals surface area contributed by atoms with Gasteiger partial charge in [-0.25, -0.2) is 18.3 Å². The number of nitrogens with one attached hydrogen (secondary N) is 1. The van der Waals surface area contributed by atoms with E-state index in [2.05, 4.69) is 15.4 Å². The van der Waals surface area contributed by atoms with Crippen molar-refractivity contribution in [1.29, 1.82) is 0 Å². The van der Waals surface area contributed by atoms with Crippen LogP contribution in [0.1, 0.15) is 35.9 Å². The maximum absolute atomic E-state index is 13.6. The van der Waals surface area contributed by atoms with E-state index in [1.165, 1.54) is 0 Å². The van der Waals surface area contributed by atoms with Crippen molar-refractivity contribution in [2.24, 2.45) is 0 Å². The molecule has 1 N–H and O–H groups in total. The van der Waals surface area contributed by atoms with Crippen LogP contribution in [-0.4, -0.2) is 20.5 Å². The number of aromatic nitrogens is 3. The van der Waals surface area contributed by atoms with Crippen molar-refractivity contribution in [3.63, 3.8) is 0 Å². The van der Waals surface area contributed by atoms with E-state index in [0.717, 1.165) is 23.9 Å². The molecule has 1 amide bonds. The molecule has 2 aromatic heterocycles. The van der Waals surface area contributed by atoms with Gasteiger partial charge in [-0.3, -0.25) is 4.79 Å². The average Bonchev–Trinajstić information content (AvgIpc) is 2.98. The van der Waals surface area contributed by atoms with Gasteiger partial charge in [0.25, 0.3) is 5.91 Å². The predicted molar refractivity (Wildman–Crippen MR) is 81.4 cm³/mol. The first-order chi connectivity index (χ1) is 11.0. The minimum Gasteiger partial charge on any atom is -0.318 e. The van der Waals surface area contributed by atoms with E-state index in [0.29, 0.717) is 5.65 Å². The van der Waals surface area contributed by atoms with E-state index in [-0.39, 0.29) is 17.3 Å². The zero-order valence-corrected chi connectivity index (χ0v) is 12.5. The zero-order chi connectivity index (χ0) is 16.6. The number of amides is 1. The third kappa shape index (κ3) is 2.90. The van der Waals surface area contributed by atoms with Crippen molar-refractivity contribution in [2.45, 2.75) is 19.8 Å². The van der Waals surface area contributed by atoms with Gasteiger partial charge in [-0.1, -0.05) is 13.8 Å². The molecule has 1 aromatic carbocycles. The second kappa shape index (κ2) is 5.75. The van der Waals surface area contributed by atoms with Gasteiger partial charge in [0.15, 0.2) is 5.65 Å². The highest BCUT2D eigenvalue weighted by Gasteiger charge is 2.16. The first kappa shape index (κ1) is 15.1. The molecule has 0 saturated heterocycles. The van der Waals surface area contributed by atoms with Gasteiger partial charge in [0.2, 0.25) is 0 Å². The van der Waals surface area contributed by atoms with Crippen LogP contribution in [0.5, 0.6) is 0 Å². The quantitative estimate of drug-likeness (QED) is 0.806. The van der Waals surface area contributed by atoms with Gasteiger partial charge in [0.05, 0.1) is 11.9 Å². The van der Waals surface area contributed by atoms with Gasteiger partial charge in [0, 0.05) is 17.8 Å². The minimum atomic E-state index is -0.714. The maximum Gasteiger partial charge on any atom is 0.274 e. The lowest BCUT2D eigenvalue weighted by Crippen LogP contribution is -2.17. The summed E-state index contributed by atoms with van der Waals surface area (Å²) in [5, 5.41) is 6.51. The van der Waals surface area contributed by atoms with Gasteiger partial charge in [-0.15, -0.1) is 0 Å². The molecule has 5 nitrogen and oxygen atoms in total. The molecule has 3 rings (SSSR count). The molecule has 0 aliphatic rings. The number of hydrogen-bond acceptors (Lipinski definition) is 3. The predicted octanol–water partition coefficient (Wildman–Crippen LogP) is 3.38. The van der Waals surface area contributed by atoms with Gasteiger partial charge in [-0.2, -0.15) is 5.10 Å². The average molecular weight is 316 g/mol. The van der Waals surface area contributed by atoms with Crippen molar-refractivity contribution in [3.8, 4) is 0 Å². The van der Waals surface area contributed by atoms with Crippen molar-refractivity contribution < 1.29 is 13.6 Å². The number of carbonyl (C=O) groups excluding carboxylic acids is 1. The summed E-state index contributed by atoms with van der Waals surface area (Å²) in [4.78, 5) is 16.5. The summed E-state index contributed by atoms with van der Waals surface area (Å²) >= 11 is 0. The number of fused-ring (bicyclic) bond motifs is 1. The highest BCUT2D eigenvalue weighted by molar-refractivity contribution is 6.03. The smallest absolute Gasteiger partial charge is 0.274 e. The fourth-order valence-electron chi connectivity index (χ4n) is 2.24. The van der Waals surface area contributed by atoms with E-state index in [1.807, 2.05) is 13.8 Å². The van der Waals surface area contributed by atoms with E-state index < -0.39 is 17.5 Å². The first-order valence-electron chi connectivity index (χ1n) is 7.07. The summed E-state index contributed by atoms with van der Waals surface area (Å²) in [6.07, 6.45) is 1.59. The van der Waals surface area contributed by atoms with Crippen LogP contribution in [0.25, 0.3) is 5.65 Å². The Balaban J connectivity index is 1.99. The molecule has 3 aromatic rings. The lowest BCUT2D eigenvalue weighted by molar-refractivity contribution is 0.102. The Bertz CT molecular complexity index is 889. The molecule has 7 heteroatoms. The van der Waals surface area contributed by atoms with Crippen LogP contribution in [0.4, 0.5) is 14.5 Å². The normalized spacial score (nSPS) is 11.2. The summed E-state index contributed by atoms with van der Waals surface area (Å²) in [5.41, 5.74) is 1.20. The van der Waals surface area contributed by atoms with Crippen molar-refractivity contribution >= 4 is 17.2 Å². The number of carbonyl (C=O) groups is 1. The molecule has 23 heavy (non-hydrogen) atoms. The third-order valence-corrected chi connectivity index (χ3v) is 3.39. The van der Waals surface area contributed by atoms with Gasteiger partial charge in [-0.05, 0) is 24.1 Å². The molecule has 0 aliphatic carbocycles. The summed E-state index contributed by atoms with van der Waals surface area (Å²) < 4.78 is 28.5. The highest BCUT2D eigenvalue weighted by Crippen LogP contribution is 2.19. The van der Waals surface area contributed by atoms with Crippen molar-refractivity contribution in [3.05, 3.63) is 59.6 Å². The van der Waals surface area contributed by atoms with Crippen LogP contribution in [0.2, 0.25) is 0 Å². The SMILES string of the molecule is CC(C)c1cc(C(=O)Nc2cc(F)ccc2F)nc2ccnn12. The van der Waals surface area contributed by atoms with E-state index in [1.54, 1.807) is 22.8 Å². The largest absolute Gasteiger partial charge is 0.318 e. The van der Waals surface area contributed by atoms with E-state index >= 15 is 0 Å². The second-order valence-corrected chi connectivity index (χ2v) is 5.40. The van der Waals surface area contributed by atoms with E-state index in [4.69, 9.17) is 0 Å². The molecule has 118 valence electrons. The monoisotopic (exact) mass is 316 g/mol. The fraction of sp³-hybridized carbons (Fsp3) is 0.188. The van der Waals surface area contributed by atoms with Crippen LogP contribution in [0.15, 0.2) is 36.5 Å². The summed E-state index contributed by atoms with van der Waals surface area (Å²) in [7, 11) is 0. The molecule has 0 unspecified atom stereocenters. The Morgan fingerprint density at radius 1 is 1.22 bits per heavy atom. The number of benzene rings is 1. The number of halogens is 2. The van der Waals surface area contributed by atoms with E-state index in [9.17, 15) is 13.6 Å². The Labute approximate surface area is 131 Å². The Hall–Kier alpha value is -2.83. The minimum absolute atomic E-state index is 0.109. The summed E-state index contributed by atoms with van der Waals surface area (Å²) in [6.45, 7) is 3.93. The molecule has 0 spiro atoms. The standard InChI is InChI=1S/C16H14F2N4O/c1-9(2)14-8-13(20-15-5-6-19-22(14)15)16(23)21-12-7-10(17)3-4-11(12)18/h3-9H,1-2H3,(H,21,23). The lowest BCUT2D eigenvalue weighted by atomic mass is 10.1. The molecule has 0 aliphatic heterocycles. The van der Waals surface area contributed by atoms with Gasteiger partial charge < -0.3 is 5.32 Å². The topological polar surface area (TPSA) is 59.3 Å². The van der Waals surface area contributed by atoms with Crippen LogP contribution in [0.3, 0.4) is 0 Å². The number of anilines is 1.